The maximum absolute atomic E-state index is 5.55. The molecule has 4 heteroatoms. The Bertz CT molecular complexity index is 452. The van der Waals surface area contributed by atoms with Crippen molar-refractivity contribution >= 4 is 0 Å². The predicted molar refractivity (Wildman–Crippen MR) is 83.7 cm³/mol. The van der Waals surface area contributed by atoms with E-state index in [9.17, 15) is 0 Å². The first-order valence-corrected chi connectivity index (χ1v) is 8.07. The second-order valence-corrected chi connectivity index (χ2v) is 5.96. The highest BCUT2D eigenvalue weighted by Gasteiger charge is 2.18. The molecule has 0 aromatic heterocycles. The Morgan fingerprint density at radius 3 is 2.86 bits per heavy atom. The van der Waals surface area contributed by atoms with Gasteiger partial charge in [-0.25, -0.2) is 0 Å². The number of ether oxygens (including phenoxy) is 2. The Morgan fingerprint density at radius 2 is 2.14 bits per heavy atom. The van der Waals surface area contributed by atoms with Crippen LogP contribution in [-0.4, -0.2) is 44.9 Å². The molecule has 1 aromatic rings. The van der Waals surface area contributed by atoms with Crippen LogP contribution in [0.4, 0.5) is 0 Å². The maximum Gasteiger partial charge on any atom is 0.123 e. The van der Waals surface area contributed by atoms with E-state index in [0.29, 0.717) is 6.04 Å². The van der Waals surface area contributed by atoms with E-state index < -0.39 is 0 Å². The number of hydrogen-bond donors (Lipinski definition) is 1. The smallest absolute Gasteiger partial charge is 0.123 e. The minimum Gasteiger partial charge on any atom is -0.496 e. The number of nitrogens with one attached hydrogen (secondary N) is 1. The Hall–Kier alpha value is -1.10. The summed E-state index contributed by atoms with van der Waals surface area (Å²) in [4.78, 5) is 2.44. The first kappa shape index (κ1) is 14.8. The molecule has 1 unspecified atom stereocenters. The molecule has 21 heavy (non-hydrogen) atoms. The molecule has 0 aliphatic carbocycles. The third-order valence-electron chi connectivity index (χ3n) is 4.51. The maximum atomic E-state index is 5.55. The number of rotatable bonds is 4. The third kappa shape index (κ3) is 3.76. The van der Waals surface area contributed by atoms with Gasteiger partial charge in [0.25, 0.3) is 0 Å². The fraction of sp³-hybridized carbons (Fsp3) is 0.647. The van der Waals surface area contributed by atoms with Gasteiger partial charge in [0.05, 0.1) is 20.3 Å². The number of benzene rings is 1. The molecule has 2 heterocycles. The molecule has 3 rings (SSSR count). The Balaban J connectivity index is 1.75. The van der Waals surface area contributed by atoms with Crippen molar-refractivity contribution in [1.82, 2.24) is 10.2 Å². The zero-order valence-corrected chi connectivity index (χ0v) is 12.9. The monoisotopic (exact) mass is 290 g/mol. The van der Waals surface area contributed by atoms with Gasteiger partial charge in [-0.1, -0.05) is 12.5 Å². The summed E-state index contributed by atoms with van der Waals surface area (Å²) in [6.07, 6.45) is 3.86. The van der Waals surface area contributed by atoms with Crippen molar-refractivity contribution < 1.29 is 9.47 Å². The summed E-state index contributed by atoms with van der Waals surface area (Å²) in [5.74, 6) is 1.00. The highest BCUT2D eigenvalue weighted by atomic mass is 16.5. The van der Waals surface area contributed by atoms with Gasteiger partial charge in [-0.05, 0) is 37.1 Å². The lowest BCUT2D eigenvalue weighted by Gasteiger charge is -2.28. The van der Waals surface area contributed by atoms with E-state index in [-0.39, 0.29) is 0 Å². The molecule has 4 nitrogen and oxygen atoms in total. The summed E-state index contributed by atoms with van der Waals surface area (Å²) in [5.41, 5.74) is 2.70. The van der Waals surface area contributed by atoms with Crippen molar-refractivity contribution in [2.45, 2.75) is 31.8 Å². The quantitative estimate of drug-likeness (QED) is 0.923. The van der Waals surface area contributed by atoms with Gasteiger partial charge in [0.1, 0.15) is 5.75 Å². The molecular formula is C17H26N2O2. The molecule has 2 aliphatic rings. The molecule has 0 spiro atoms. The molecule has 2 fully saturated rings. The second-order valence-electron chi connectivity index (χ2n) is 5.96. The summed E-state index contributed by atoms with van der Waals surface area (Å²) in [5, 5.41) is 3.63. The fourth-order valence-electron chi connectivity index (χ4n) is 3.28. The molecule has 2 saturated heterocycles. The highest BCUT2D eigenvalue weighted by molar-refractivity contribution is 5.38. The van der Waals surface area contributed by atoms with Gasteiger partial charge in [-0.3, -0.25) is 4.90 Å². The standard InChI is InChI=1S/C17H26N2O2/c1-20-17-6-5-14(16-4-2-3-7-18-16)12-15(17)13-19-8-10-21-11-9-19/h5-6,12,16,18H,2-4,7-11,13H2,1H3. The molecular weight excluding hydrogens is 264 g/mol. The molecule has 1 N–H and O–H groups in total. The number of piperidine rings is 1. The van der Waals surface area contributed by atoms with E-state index in [1.54, 1.807) is 7.11 Å². The second kappa shape index (κ2) is 7.25. The SMILES string of the molecule is COc1ccc(C2CCCCN2)cc1CN1CCOCC1. The van der Waals surface area contributed by atoms with Crippen LogP contribution >= 0.6 is 0 Å². The zero-order valence-electron chi connectivity index (χ0n) is 12.9. The lowest BCUT2D eigenvalue weighted by atomic mass is 9.95. The van der Waals surface area contributed by atoms with E-state index in [4.69, 9.17) is 9.47 Å². The van der Waals surface area contributed by atoms with Gasteiger partial charge < -0.3 is 14.8 Å². The molecule has 0 saturated carbocycles. The molecule has 1 atom stereocenters. The van der Waals surface area contributed by atoms with Gasteiger partial charge in [0.15, 0.2) is 0 Å². The van der Waals surface area contributed by atoms with Crippen LogP contribution in [0.3, 0.4) is 0 Å². The van der Waals surface area contributed by atoms with Crippen molar-refractivity contribution in [3.05, 3.63) is 29.3 Å². The van der Waals surface area contributed by atoms with Gasteiger partial charge in [-0.15, -0.1) is 0 Å². The molecule has 116 valence electrons. The molecule has 0 bridgehead atoms. The first-order chi connectivity index (χ1) is 10.4. The Morgan fingerprint density at radius 1 is 1.29 bits per heavy atom. The van der Waals surface area contributed by atoms with Crippen LogP contribution in [0.15, 0.2) is 18.2 Å². The average Bonchev–Trinajstić information content (AvgIpc) is 2.56. The van der Waals surface area contributed by atoms with Crippen LogP contribution in [0.25, 0.3) is 0 Å². The van der Waals surface area contributed by atoms with Gasteiger partial charge >= 0.3 is 0 Å². The predicted octanol–water partition coefficient (Wildman–Crippen LogP) is 2.34. The normalized spacial score (nSPS) is 24.0. The van der Waals surface area contributed by atoms with E-state index >= 15 is 0 Å². The van der Waals surface area contributed by atoms with E-state index in [0.717, 1.165) is 45.1 Å². The first-order valence-electron chi connectivity index (χ1n) is 8.07. The van der Waals surface area contributed by atoms with Gasteiger partial charge in [0.2, 0.25) is 0 Å². The Kier molecular flexibility index (Phi) is 5.12. The summed E-state index contributed by atoms with van der Waals surface area (Å²) >= 11 is 0. The van der Waals surface area contributed by atoms with Crippen LogP contribution in [0.1, 0.15) is 36.4 Å². The summed E-state index contributed by atoms with van der Waals surface area (Å²) in [6, 6.07) is 7.18. The van der Waals surface area contributed by atoms with Crippen molar-refractivity contribution in [2.24, 2.45) is 0 Å². The summed E-state index contributed by atoms with van der Waals surface area (Å²) in [6.45, 7) is 5.78. The Labute approximate surface area is 127 Å². The van der Waals surface area contributed by atoms with E-state index in [2.05, 4.69) is 28.4 Å². The van der Waals surface area contributed by atoms with E-state index in [1.807, 2.05) is 0 Å². The fourth-order valence-corrected chi connectivity index (χ4v) is 3.28. The summed E-state index contributed by atoms with van der Waals surface area (Å²) in [7, 11) is 1.76. The molecule has 0 amide bonds. The largest absolute Gasteiger partial charge is 0.496 e. The van der Waals surface area contributed by atoms with Gasteiger partial charge in [0, 0.05) is 31.2 Å². The topological polar surface area (TPSA) is 33.7 Å². The van der Waals surface area contributed by atoms with Crippen LogP contribution in [0.2, 0.25) is 0 Å². The number of hydrogen-bond acceptors (Lipinski definition) is 4. The van der Waals surface area contributed by atoms with Crippen LogP contribution in [-0.2, 0) is 11.3 Å². The zero-order chi connectivity index (χ0) is 14.5. The van der Waals surface area contributed by atoms with Crippen LogP contribution < -0.4 is 10.1 Å². The van der Waals surface area contributed by atoms with Crippen molar-refractivity contribution in [2.75, 3.05) is 40.0 Å². The average molecular weight is 290 g/mol. The highest BCUT2D eigenvalue weighted by Crippen LogP contribution is 2.28. The van der Waals surface area contributed by atoms with Crippen molar-refractivity contribution in [3.63, 3.8) is 0 Å². The number of morpholine rings is 1. The van der Waals surface area contributed by atoms with Crippen LogP contribution in [0.5, 0.6) is 5.75 Å². The molecule has 2 aliphatic heterocycles. The molecule has 0 radical (unpaired) electrons. The van der Waals surface area contributed by atoms with Crippen molar-refractivity contribution in [1.29, 1.82) is 0 Å². The number of methoxy groups -OCH3 is 1. The number of nitrogens with zero attached hydrogens (tertiary/aromatic N) is 1. The molecule has 1 aromatic carbocycles. The van der Waals surface area contributed by atoms with E-state index in [1.165, 1.54) is 30.4 Å². The lowest BCUT2D eigenvalue weighted by Crippen LogP contribution is -2.35. The minimum absolute atomic E-state index is 0.507. The lowest BCUT2D eigenvalue weighted by molar-refractivity contribution is 0.0338. The van der Waals surface area contributed by atoms with Gasteiger partial charge in [-0.2, -0.15) is 0 Å². The van der Waals surface area contributed by atoms with Crippen LogP contribution in [0, 0.1) is 0 Å². The third-order valence-corrected chi connectivity index (χ3v) is 4.51. The van der Waals surface area contributed by atoms with Crippen molar-refractivity contribution in [3.8, 4) is 5.75 Å². The minimum atomic E-state index is 0.507. The summed E-state index contributed by atoms with van der Waals surface area (Å²) < 4.78 is 11.0.